The highest BCUT2D eigenvalue weighted by molar-refractivity contribution is 5.96. The topological polar surface area (TPSA) is 72.2 Å². The summed E-state index contributed by atoms with van der Waals surface area (Å²) in [6.45, 7) is 0.399. The van der Waals surface area contributed by atoms with Gasteiger partial charge in [0.15, 0.2) is 5.78 Å². The fourth-order valence-corrected chi connectivity index (χ4v) is 4.23. The first-order valence-electron chi connectivity index (χ1n) is 9.80. The molecule has 0 unspecified atom stereocenters. The molecule has 3 rings (SSSR count). The van der Waals surface area contributed by atoms with Crippen molar-refractivity contribution in [3.8, 4) is 0 Å². The van der Waals surface area contributed by atoms with Gasteiger partial charge in [0.05, 0.1) is 0 Å². The molecular formula is C21H30N2O2. The van der Waals surface area contributed by atoms with Gasteiger partial charge in [-0.15, -0.1) is 0 Å². The molecule has 1 aromatic carbocycles. The highest BCUT2D eigenvalue weighted by atomic mass is 16.1. The van der Waals surface area contributed by atoms with Gasteiger partial charge in [-0.25, -0.2) is 0 Å². The molecule has 0 heterocycles. The van der Waals surface area contributed by atoms with E-state index < -0.39 is 0 Å². The maximum atomic E-state index is 12.7. The summed E-state index contributed by atoms with van der Waals surface area (Å²) in [7, 11) is 0. The van der Waals surface area contributed by atoms with Crippen LogP contribution in [0.1, 0.15) is 72.9 Å². The normalized spacial score (nSPS) is 22.9. The van der Waals surface area contributed by atoms with Gasteiger partial charge in [-0.05, 0) is 74.5 Å². The van der Waals surface area contributed by atoms with Gasteiger partial charge in [-0.2, -0.15) is 0 Å². The first-order chi connectivity index (χ1) is 12.2. The number of amides is 1. The molecule has 25 heavy (non-hydrogen) atoms. The minimum atomic E-state index is 0.0519. The average Bonchev–Trinajstić information content (AvgIpc) is 2.63. The van der Waals surface area contributed by atoms with Crippen LogP contribution in [0.15, 0.2) is 18.2 Å². The first kappa shape index (κ1) is 18.1. The summed E-state index contributed by atoms with van der Waals surface area (Å²) in [4.78, 5) is 24.3. The number of benzene rings is 1. The molecular weight excluding hydrogens is 312 g/mol. The van der Waals surface area contributed by atoms with Crippen LogP contribution in [0.25, 0.3) is 0 Å². The SMILES string of the molecule is NCCC(=O)NC1CCC(CC(=O)c2ccc3c(c2)CCCC3)CC1. The van der Waals surface area contributed by atoms with Crippen molar-refractivity contribution in [2.45, 2.75) is 70.3 Å². The molecule has 2 aliphatic carbocycles. The molecule has 1 saturated carbocycles. The summed E-state index contributed by atoms with van der Waals surface area (Å²) >= 11 is 0. The Morgan fingerprint density at radius 2 is 1.76 bits per heavy atom. The van der Waals surface area contributed by atoms with Gasteiger partial charge in [0.25, 0.3) is 0 Å². The van der Waals surface area contributed by atoms with Crippen LogP contribution in [-0.2, 0) is 17.6 Å². The van der Waals surface area contributed by atoms with Gasteiger partial charge in [0.1, 0.15) is 0 Å². The highest BCUT2D eigenvalue weighted by Gasteiger charge is 2.24. The molecule has 3 N–H and O–H groups in total. The van der Waals surface area contributed by atoms with Crippen molar-refractivity contribution in [1.29, 1.82) is 0 Å². The lowest BCUT2D eigenvalue weighted by Crippen LogP contribution is -2.38. The predicted molar refractivity (Wildman–Crippen MR) is 99.6 cm³/mol. The molecule has 0 atom stereocenters. The van der Waals surface area contributed by atoms with Crippen molar-refractivity contribution in [2.75, 3.05) is 6.54 Å². The van der Waals surface area contributed by atoms with Crippen LogP contribution in [-0.4, -0.2) is 24.3 Å². The lowest BCUT2D eigenvalue weighted by Gasteiger charge is -2.29. The summed E-state index contributed by atoms with van der Waals surface area (Å²) in [5, 5.41) is 3.06. The van der Waals surface area contributed by atoms with E-state index in [4.69, 9.17) is 5.73 Å². The molecule has 1 fully saturated rings. The summed E-state index contributed by atoms with van der Waals surface area (Å²) < 4.78 is 0. The average molecular weight is 342 g/mol. The van der Waals surface area contributed by atoms with Crippen molar-refractivity contribution in [1.82, 2.24) is 5.32 Å². The van der Waals surface area contributed by atoms with E-state index in [1.165, 1.54) is 24.0 Å². The van der Waals surface area contributed by atoms with Crippen molar-refractivity contribution < 1.29 is 9.59 Å². The highest BCUT2D eigenvalue weighted by Crippen LogP contribution is 2.29. The fourth-order valence-electron chi connectivity index (χ4n) is 4.23. The smallest absolute Gasteiger partial charge is 0.221 e. The molecule has 0 radical (unpaired) electrons. The van der Waals surface area contributed by atoms with E-state index in [9.17, 15) is 9.59 Å². The number of aryl methyl sites for hydroxylation is 2. The number of ketones is 1. The van der Waals surface area contributed by atoms with Crippen molar-refractivity contribution in [2.24, 2.45) is 11.7 Å². The predicted octanol–water partition coefficient (Wildman–Crippen LogP) is 3.16. The second kappa shape index (κ2) is 8.61. The van der Waals surface area contributed by atoms with Crippen molar-refractivity contribution in [3.05, 3.63) is 34.9 Å². The Bertz CT molecular complexity index is 618. The van der Waals surface area contributed by atoms with E-state index in [1.54, 1.807) is 0 Å². The molecule has 0 aromatic heterocycles. The summed E-state index contributed by atoms with van der Waals surface area (Å²) in [5.74, 6) is 0.784. The lowest BCUT2D eigenvalue weighted by molar-refractivity contribution is -0.121. The van der Waals surface area contributed by atoms with Crippen LogP contribution in [0.5, 0.6) is 0 Å². The quantitative estimate of drug-likeness (QED) is 0.780. The number of nitrogens with two attached hydrogens (primary N) is 1. The largest absolute Gasteiger partial charge is 0.353 e. The zero-order valence-electron chi connectivity index (χ0n) is 15.1. The Morgan fingerprint density at radius 1 is 1.04 bits per heavy atom. The molecule has 136 valence electrons. The van der Waals surface area contributed by atoms with Gasteiger partial charge >= 0.3 is 0 Å². The van der Waals surface area contributed by atoms with Gasteiger partial charge < -0.3 is 11.1 Å². The van der Waals surface area contributed by atoms with Crippen molar-refractivity contribution in [3.63, 3.8) is 0 Å². The Balaban J connectivity index is 1.49. The summed E-state index contributed by atoms with van der Waals surface area (Å²) in [5.41, 5.74) is 9.10. The molecule has 1 aromatic rings. The zero-order valence-corrected chi connectivity index (χ0v) is 15.1. The third-order valence-electron chi connectivity index (χ3n) is 5.73. The number of nitrogens with one attached hydrogen (secondary N) is 1. The van der Waals surface area contributed by atoms with Crippen LogP contribution in [0.4, 0.5) is 0 Å². The molecule has 4 heteroatoms. The second-order valence-corrected chi connectivity index (χ2v) is 7.64. The Morgan fingerprint density at radius 3 is 2.48 bits per heavy atom. The fraction of sp³-hybridized carbons (Fsp3) is 0.619. The van der Waals surface area contributed by atoms with Crippen LogP contribution >= 0.6 is 0 Å². The van der Waals surface area contributed by atoms with Gasteiger partial charge in [0.2, 0.25) is 5.91 Å². The molecule has 0 spiro atoms. The van der Waals surface area contributed by atoms with Crippen LogP contribution in [0.2, 0.25) is 0 Å². The number of hydrogen-bond donors (Lipinski definition) is 2. The molecule has 1 amide bonds. The number of fused-ring (bicyclic) bond motifs is 1. The van der Waals surface area contributed by atoms with Crippen molar-refractivity contribution >= 4 is 11.7 Å². The third kappa shape index (κ3) is 4.91. The lowest BCUT2D eigenvalue weighted by atomic mass is 9.81. The number of hydrogen-bond acceptors (Lipinski definition) is 3. The minimum absolute atomic E-state index is 0.0519. The minimum Gasteiger partial charge on any atom is -0.353 e. The molecule has 0 bridgehead atoms. The maximum absolute atomic E-state index is 12.7. The Kier molecular flexibility index (Phi) is 6.24. The summed E-state index contributed by atoms with van der Waals surface area (Å²) in [6, 6.07) is 6.57. The van der Waals surface area contributed by atoms with E-state index in [2.05, 4.69) is 17.4 Å². The summed E-state index contributed by atoms with van der Waals surface area (Å²) in [6.07, 6.45) is 9.80. The molecule has 0 saturated heterocycles. The van der Waals surface area contributed by atoms with Crippen LogP contribution < -0.4 is 11.1 Å². The molecule has 0 aliphatic heterocycles. The Labute approximate surface area is 150 Å². The zero-order chi connectivity index (χ0) is 17.6. The standard InChI is InChI=1S/C21H30N2O2/c22-12-11-21(25)23-19-9-5-15(6-10-19)13-20(24)18-8-7-16-3-1-2-4-17(16)14-18/h7-8,14-15,19H,1-6,9-13,22H2,(H,23,25). The number of rotatable bonds is 6. The van der Waals surface area contributed by atoms with E-state index in [1.807, 2.05) is 6.07 Å². The molecule has 4 nitrogen and oxygen atoms in total. The van der Waals surface area contributed by atoms with Gasteiger partial charge in [-0.1, -0.05) is 12.1 Å². The molecule has 2 aliphatic rings. The number of carbonyl (C=O) groups excluding carboxylic acids is 2. The van der Waals surface area contributed by atoms with E-state index >= 15 is 0 Å². The monoisotopic (exact) mass is 342 g/mol. The number of carbonyl (C=O) groups is 2. The third-order valence-corrected chi connectivity index (χ3v) is 5.73. The Hall–Kier alpha value is -1.68. The second-order valence-electron chi connectivity index (χ2n) is 7.64. The van der Waals surface area contributed by atoms with Gasteiger partial charge in [0, 0.05) is 31.0 Å². The van der Waals surface area contributed by atoms with E-state index in [0.29, 0.717) is 25.3 Å². The van der Waals surface area contributed by atoms with Crippen LogP contribution in [0, 0.1) is 5.92 Å². The maximum Gasteiger partial charge on any atom is 0.221 e. The van der Waals surface area contributed by atoms with Gasteiger partial charge in [-0.3, -0.25) is 9.59 Å². The number of Topliss-reactive ketones (excluding diaryl/α,β-unsaturated/α-hetero) is 1. The first-order valence-corrected chi connectivity index (χ1v) is 9.80. The van der Waals surface area contributed by atoms with E-state index in [0.717, 1.165) is 44.1 Å². The van der Waals surface area contributed by atoms with E-state index in [-0.39, 0.29) is 17.7 Å². The van der Waals surface area contributed by atoms with Crippen LogP contribution in [0.3, 0.4) is 0 Å².